The number of halogens is 2. The number of nitro benzene ring substituents is 1. The summed E-state index contributed by atoms with van der Waals surface area (Å²) in [4.78, 5) is 20.6. The second-order valence-electron chi connectivity index (χ2n) is 5.07. The number of nitrogens with zero attached hydrogens (tertiary/aromatic N) is 2. The Morgan fingerprint density at radius 1 is 1.27 bits per heavy atom. The number of nitro groups is 1. The number of rotatable bonds is 7. The fraction of sp³-hybridized carbons (Fsp3) is 0.133. The first-order valence-electron chi connectivity index (χ1n) is 7.07. The summed E-state index contributed by atoms with van der Waals surface area (Å²) in [5.74, 6) is -2.03. The largest absolute Gasteiger partial charge is 0.481 e. The molecule has 0 aliphatic rings. The van der Waals surface area contributed by atoms with E-state index in [1.165, 1.54) is 6.07 Å². The molecule has 0 radical (unpaired) electrons. The number of carboxylic acids is 1. The lowest BCUT2D eigenvalue weighted by atomic mass is 10.3. The molecule has 0 saturated heterocycles. The van der Waals surface area contributed by atoms with Crippen LogP contribution in [0, 0.1) is 15.9 Å². The molecule has 2 rings (SSSR count). The van der Waals surface area contributed by atoms with Crippen LogP contribution in [0.4, 0.5) is 15.8 Å². The average Bonchev–Trinajstić information content (AvgIpc) is 2.57. The molecule has 2 aromatic carbocycles. The number of sulfonamides is 1. The molecule has 0 fully saturated rings. The molecule has 0 atom stereocenters. The van der Waals surface area contributed by atoms with E-state index in [0.717, 1.165) is 36.4 Å². The SMILES string of the molecule is O=C(O)CCN(c1ccc(F)c(Cl)c1)S(=O)(=O)c1cccc([N+](=O)[O-])c1. The fourth-order valence-electron chi connectivity index (χ4n) is 2.11. The van der Waals surface area contributed by atoms with E-state index in [-0.39, 0.29) is 10.7 Å². The minimum absolute atomic E-state index is 0.0656. The number of non-ortho nitro benzene ring substituents is 1. The summed E-state index contributed by atoms with van der Waals surface area (Å²) in [5.41, 5.74) is -0.509. The van der Waals surface area contributed by atoms with Crippen molar-refractivity contribution in [2.75, 3.05) is 10.8 Å². The zero-order valence-corrected chi connectivity index (χ0v) is 14.6. The van der Waals surface area contributed by atoms with E-state index in [9.17, 15) is 27.7 Å². The van der Waals surface area contributed by atoms with Gasteiger partial charge in [0.15, 0.2) is 0 Å². The van der Waals surface area contributed by atoms with Gasteiger partial charge in [0.05, 0.1) is 26.9 Å². The minimum atomic E-state index is -4.35. The lowest BCUT2D eigenvalue weighted by Gasteiger charge is -2.24. The molecule has 0 aliphatic carbocycles. The van der Waals surface area contributed by atoms with Crippen molar-refractivity contribution >= 4 is 39.0 Å². The Bertz CT molecular complexity index is 966. The van der Waals surface area contributed by atoms with Gasteiger partial charge in [0.2, 0.25) is 0 Å². The first-order valence-corrected chi connectivity index (χ1v) is 8.89. The third-order valence-corrected chi connectivity index (χ3v) is 5.45. The van der Waals surface area contributed by atoms with Gasteiger partial charge in [-0.1, -0.05) is 17.7 Å². The molecule has 0 bridgehead atoms. The summed E-state index contributed by atoms with van der Waals surface area (Å²) in [6.07, 6.45) is -0.539. The van der Waals surface area contributed by atoms with Crippen molar-refractivity contribution in [2.45, 2.75) is 11.3 Å². The van der Waals surface area contributed by atoms with Crippen molar-refractivity contribution in [3.63, 3.8) is 0 Å². The number of hydrogen-bond acceptors (Lipinski definition) is 5. The molecule has 0 aromatic heterocycles. The molecule has 0 amide bonds. The highest BCUT2D eigenvalue weighted by Crippen LogP contribution is 2.29. The van der Waals surface area contributed by atoms with E-state index < -0.39 is 50.3 Å². The molecular formula is C15H12ClFN2O6S. The number of carboxylic acid groups (broad SMARTS) is 1. The molecule has 0 unspecified atom stereocenters. The van der Waals surface area contributed by atoms with Gasteiger partial charge in [-0.15, -0.1) is 0 Å². The maximum atomic E-state index is 13.4. The normalized spacial score (nSPS) is 11.2. The van der Waals surface area contributed by atoms with Gasteiger partial charge in [-0.3, -0.25) is 19.2 Å². The summed E-state index contributed by atoms with van der Waals surface area (Å²) in [6, 6.07) is 7.41. The van der Waals surface area contributed by atoms with E-state index in [0.29, 0.717) is 4.31 Å². The second-order valence-corrected chi connectivity index (χ2v) is 7.34. The zero-order chi connectivity index (χ0) is 19.5. The van der Waals surface area contributed by atoms with Crippen LogP contribution in [-0.4, -0.2) is 31.0 Å². The zero-order valence-electron chi connectivity index (χ0n) is 13.0. The third kappa shape index (κ3) is 4.27. The molecule has 0 saturated carbocycles. The quantitative estimate of drug-likeness (QED) is 0.561. The Labute approximate surface area is 152 Å². The molecule has 2 aromatic rings. The summed E-state index contributed by atoms with van der Waals surface area (Å²) in [7, 11) is -4.35. The van der Waals surface area contributed by atoms with Gasteiger partial charge in [0.25, 0.3) is 15.7 Å². The Hall–Kier alpha value is -2.72. The molecule has 8 nitrogen and oxygen atoms in total. The van der Waals surface area contributed by atoms with Crippen molar-refractivity contribution in [3.8, 4) is 0 Å². The van der Waals surface area contributed by atoms with Crippen LogP contribution in [0.2, 0.25) is 5.02 Å². The van der Waals surface area contributed by atoms with Crippen LogP contribution in [0.1, 0.15) is 6.42 Å². The highest BCUT2D eigenvalue weighted by Gasteiger charge is 2.27. The Balaban J connectivity index is 2.55. The van der Waals surface area contributed by atoms with Gasteiger partial charge < -0.3 is 5.11 Å². The Kier molecular flexibility index (Phi) is 5.78. The first-order chi connectivity index (χ1) is 12.1. The molecule has 138 valence electrons. The number of carbonyl (C=O) groups is 1. The van der Waals surface area contributed by atoms with Gasteiger partial charge >= 0.3 is 5.97 Å². The fourth-order valence-corrected chi connectivity index (χ4v) is 3.78. The van der Waals surface area contributed by atoms with Crippen LogP contribution in [0.25, 0.3) is 0 Å². The minimum Gasteiger partial charge on any atom is -0.481 e. The Morgan fingerprint density at radius 2 is 1.96 bits per heavy atom. The maximum absolute atomic E-state index is 13.4. The lowest BCUT2D eigenvalue weighted by Crippen LogP contribution is -2.33. The van der Waals surface area contributed by atoms with Crippen LogP contribution in [0.15, 0.2) is 47.4 Å². The van der Waals surface area contributed by atoms with Crippen LogP contribution >= 0.6 is 11.6 Å². The van der Waals surface area contributed by atoms with E-state index in [1.807, 2.05) is 0 Å². The lowest BCUT2D eigenvalue weighted by molar-refractivity contribution is -0.385. The van der Waals surface area contributed by atoms with E-state index in [4.69, 9.17) is 16.7 Å². The van der Waals surface area contributed by atoms with Crippen molar-refractivity contribution in [1.82, 2.24) is 0 Å². The van der Waals surface area contributed by atoms with Gasteiger partial charge in [0.1, 0.15) is 5.82 Å². The molecule has 26 heavy (non-hydrogen) atoms. The standard InChI is InChI=1S/C15H12ClFN2O6S/c16-13-9-10(4-5-14(13)17)18(7-6-15(20)21)26(24,25)12-3-1-2-11(8-12)19(22)23/h1-5,8-9H,6-7H2,(H,20,21). The van der Waals surface area contributed by atoms with Crippen LogP contribution in [0.5, 0.6) is 0 Å². The topological polar surface area (TPSA) is 118 Å². The highest BCUT2D eigenvalue weighted by molar-refractivity contribution is 7.92. The number of hydrogen-bond donors (Lipinski definition) is 1. The molecule has 0 heterocycles. The van der Waals surface area contributed by atoms with Crippen LogP contribution in [-0.2, 0) is 14.8 Å². The molecule has 1 N–H and O–H groups in total. The highest BCUT2D eigenvalue weighted by atomic mass is 35.5. The summed E-state index contributed by atoms with van der Waals surface area (Å²) in [5, 5.41) is 19.4. The number of anilines is 1. The third-order valence-electron chi connectivity index (χ3n) is 3.34. The predicted molar refractivity (Wildman–Crippen MR) is 91.3 cm³/mol. The molecule has 0 aliphatic heterocycles. The predicted octanol–water partition coefficient (Wildman–Crippen LogP) is 3.06. The molecule has 0 spiro atoms. The van der Waals surface area contributed by atoms with E-state index in [1.54, 1.807) is 0 Å². The van der Waals surface area contributed by atoms with Crippen molar-refractivity contribution in [3.05, 3.63) is 63.4 Å². The average molecular weight is 403 g/mol. The van der Waals surface area contributed by atoms with Crippen LogP contribution < -0.4 is 4.31 Å². The van der Waals surface area contributed by atoms with Crippen LogP contribution in [0.3, 0.4) is 0 Å². The number of aliphatic carboxylic acids is 1. The van der Waals surface area contributed by atoms with Crippen molar-refractivity contribution in [1.29, 1.82) is 0 Å². The summed E-state index contributed by atoms with van der Waals surface area (Å²) < 4.78 is 39.9. The monoisotopic (exact) mass is 402 g/mol. The molecular weight excluding hydrogens is 391 g/mol. The van der Waals surface area contributed by atoms with E-state index in [2.05, 4.69) is 0 Å². The second kappa shape index (κ2) is 7.67. The van der Waals surface area contributed by atoms with E-state index >= 15 is 0 Å². The van der Waals surface area contributed by atoms with Gasteiger partial charge in [-0.2, -0.15) is 0 Å². The van der Waals surface area contributed by atoms with Crippen molar-refractivity contribution in [2.24, 2.45) is 0 Å². The first kappa shape index (κ1) is 19.6. The van der Waals surface area contributed by atoms with Gasteiger partial charge in [-0.05, 0) is 24.3 Å². The Morgan fingerprint density at radius 3 is 2.54 bits per heavy atom. The summed E-state index contributed by atoms with van der Waals surface area (Å²) >= 11 is 5.68. The van der Waals surface area contributed by atoms with Gasteiger partial charge in [-0.25, -0.2) is 12.8 Å². The van der Waals surface area contributed by atoms with Crippen molar-refractivity contribution < 1.29 is 27.6 Å². The summed E-state index contributed by atoms with van der Waals surface area (Å²) in [6.45, 7) is -0.470. The molecule has 11 heteroatoms. The van der Waals surface area contributed by atoms with Gasteiger partial charge in [0, 0.05) is 18.7 Å². The smallest absolute Gasteiger partial charge is 0.305 e. The maximum Gasteiger partial charge on any atom is 0.305 e. The number of benzene rings is 2.